The van der Waals surface area contributed by atoms with Crippen molar-refractivity contribution in [2.45, 2.75) is 13.1 Å². The summed E-state index contributed by atoms with van der Waals surface area (Å²) in [5, 5.41) is 2.61. The van der Waals surface area contributed by atoms with Gasteiger partial charge in [0.25, 0.3) is 0 Å². The van der Waals surface area contributed by atoms with Gasteiger partial charge in [0, 0.05) is 16.6 Å². The van der Waals surface area contributed by atoms with E-state index in [4.69, 9.17) is 0 Å². The maximum atomic E-state index is 13.8. The number of hydrogen-bond acceptors (Lipinski definition) is 3. The monoisotopic (exact) mass is 363 g/mol. The summed E-state index contributed by atoms with van der Waals surface area (Å²) >= 11 is 3.15. The van der Waals surface area contributed by atoms with Crippen LogP contribution in [0.4, 0.5) is 23.5 Å². The van der Waals surface area contributed by atoms with Gasteiger partial charge in [0.1, 0.15) is 5.82 Å². The van der Waals surface area contributed by atoms with Crippen molar-refractivity contribution in [3.8, 4) is 11.3 Å². The molecule has 21 heavy (non-hydrogen) atoms. The van der Waals surface area contributed by atoms with Crippen LogP contribution < -0.4 is 5.32 Å². The Balaban J connectivity index is 2.62. The zero-order valence-corrected chi connectivity index (χ0v) is 12.4. The van der Waals surface area contributed by atoms with Crippen molar-refractivity contribution in [1.82, 2.24) is 9.97 Å². The van der Waals surface area contributed by atoms with Crippen LogP contribution in [0.5, 0.6) is 0 Å². The van der Waals surface area contributed by atoms with Crippen LogP contribution in [0, 0.1) is 5.82 Å². The number of aromatic nitrogens is 2. The summed E-state index contributed by atoms with van der Waals surface area (Å²) in [4.78, 5) is 7.32. The molecule has 1 N–H and O–H groups in total. The molecule has 0 aliphatic heterocycles. The second-order valence-corrected chi connectivity index (χ2v) is 5.03. The fraction of sp³-hybridized carbons (Fsp3) is 0.231. The summed E-state index contributed by atoms with van der Waals surface area (Å²) < 4.78 is 52.9. The van der Waals surface area contributed by atoms with Crippen LogP contribution in [0.3, 0.4) is 0 Å². The summed E-state index contributed by atoms with van der Waals surface area (Å²) in [5.41, 5.74) is -1.29. The van der Waals surface area contributed by atoms with E-state index in [2.05, 4.69) is 31.2 Å². The summed E-state index contributed by atoms with van der Waals surface area (Å²) in [6, 6.07) is 4.71. The number of rotatable bonds is 3. The standard InChI is InChI=1S/C13H10BrF4N3/c1-2-19-12-20-10(6-11(21-12)13(16,17)18)8-5-7(14)3-4-9(8)15/h3-6H,2H2,1H3,(H,19,20,21). The Morgan fingerprint density at radius 1 is 1.19 bits per heavy atom. The zero-order chi connectivity index (χ0) is 15.6. The second-order valence-electron chi connectivity index (χ2n) is 4.11. The molecular weight excluding hydrogens is 354 g/mol. The first-order valence-electron chi connectivity index (χ1n) is 5.97. The normalized spacial score (nSPS) is 11.5. The molecule has 0 saturated carbocycles. The van der Waals surface area contributed by atoms with Crippen LogP contribution in [0.25, 0.3) is 11.3 Å². The number of anilines is 1. The van der Waals surface area contributed by atoms with Gasteiger partial charge in [-0.2, -0.15) is 13.2 Å². The fourth-order valence-corrected chi connectivity index (χ4v) is 2.02. The van der Waals surface area contributed by atoms with Crippen LogP contribution in [-0.4, -0.2) is 16.5 Å². The Kier molecular flexibility index (Phi) is 4.46. The Bertz CT molecular complexity index is 658. The Morgan fingerprint density at radius 2 is 1.90 bits per heavy atom. The molecule has 1 heterocycles. The first-order valence-corrected chi connectivity index (χ1v) is 6.76. The maximum Gasteiger partial charge on any atom is 0.433 e. The van der Waals surface area contributed by atoms with Gasteiger partial charge in [-0.1, -0.05) is 15.9 Å². The highest BCUT2D eigenvalue weighted by molar-refractivity contribution is 9.10. The molecule has 0 aliphatic carbocycles. The van der Waals surface area contributed by atoms with E-state index in [1.165, 1.54) is 12.1 Å². The molecular formula is C13H10BrF4N3. The lowest BCUT2D eigenvalue weighted by atomic mass is 10.1. The minimum absolute atomic E-state index is 0.0311. The Morgan fingerprint density at radius 3 is 2.52 bits per heavy atom. The van der Waals surface area contributed by atoms with Crippen LogP contribution in [0.1, 0.15) is 12.6 Å². The summed E-state index contributed by atoms with van der Waals surface area (Å²) in [7, 11) is 0. The molecule has 8 heteroatoms. The molecule has 0 amide bonds. The molecule has 0 radical (unpaired) electrons. The quantitative estimate of drug-likeness (QED) is 0.816. The van der Waals surface area contributed by atoms with E-state index in [0.29, 0.717) is 11.0 Å². The molecule has 0 atom stereocenters. The van der Waals surface area contributed by atoms with Crippen molar-refractivity contribution < 1.29 is 17.6 Å². The average Bonchev–Trinajstić information content (AvgIpc) is 2.40. The van der Waals surface area contributed by atoms with Crippen LogP contribution in [-0.2, 0) is 6.18 Å². The van der Waals surface area contributed by atoms with Gasteiger partial charge in [0.05, 0.1) is 5.69 Å². The second kappa shape index (κ2) is 5.97. The minimum atomic E-state index is -4.63. The van der Waals surface area contributed by atoms with Crippen LogP contribution in [0.2, 0.25) is 0 Å². The summed E-state index contributed by atoms with van der Waals surface area (Å²) in [5.74, 6) is -0.853. The lowest BCUT2D eigenvalue weighted by molar-refractivity contribution is -0.141. The highest BCUT2D eigenvalue weighted by Gasteiger charge is 2.34. The Hall–Kier alpha value is -1.70. The van der Waals surface area contributed by atoms with Gasteiger partial charge in [-0.3, -0.25) is 0 Å². The number of nitrogens with zero attached hydrogens (tertiary/aromatic N) is 2. The molecule has 2 aromatic rings. The van der Waals surface area contributed by atoms with E-state index in [0.717, 1.165) is 12.1 Å². The molecule has 0 spiro atoms. The third-order valence-corrected chi connectivity index (χ3v) is 3.05. The van der Waals surface area contributed by atoms with Gasteiger partial charge >= 0.3 is 6.18 Å². The lowest BCUT2D eigenvalue weighted by Crippen LogP contribution is -2.12. The van der Waals surface area contributed by atoms with Gasteiger partial charge in [0.2, 0.25) is 5.95 Å². The fourth-order valence-electron chi connectivity index (χ4n) is 1.66. The van der Waals surface area contributed by atoms with Gasteiger partial charge in [-0.05, 0) is 31.2 Å². The predicted molar refractivity (Wildman–Crippen MR) is 74.3 cm³/mol. The predicted octanol–water partition coefficient (Wildman–Crippen LogP) is 4.50. The molecule has 1 aromatic carbocycles. The number of nitrogens with one attached hydrogen (secondary N) is 1. The van der Waals surface area contributed by atoms with E-state index in [1.807, 2.05) is 0 Å². The van der Waals surface area contributed by atoms with E-state index < -0.39 is 17.7 Å². The smallest absolute Gasteiger partial charge is 0.354 e. The molecule has 0 bridgehead atoms. The SMILES string of the molecule is CCNc1nc(-c2cc(Br)ccc2F)cc(C(F)(F)F)n1. The van der Waals surface area contributed by atoms with Crippen molar-refractivity contribution in [2.24, 2.45) is 0 Å². The molecule has 3 nitrogen and oxygen atoms in total. The van der Waals surface area contributed by atoms with Crippen molar-refractivity contribution >= 4 is 21.9 Å². The van der Waals surface area contributed by atoms with E-state index in [-0.39, 0.29) is 17.2 Å². The topological polar surface area (TPSA) is 37.8 Å². The third kappa shape index (κ3) is 3.69. The molecule has 0 aliphatic rings. The maximum absolute atomic E-state index is 13.8. The van der Waals surface area contributed by atoms with Crippen LogP contribution >= 0.6 is 15.9 Å². The van der Waals surface area contributed by atoms with Crippen LogP contribution in [0.15, 0.2) is 28.7 Å². The molecule has 2 rings (SSSR count). The van der Waals surface area contributed by atoms with Gasteiger partial charge < -0.3 is 5.32 Å². The first kappa shape index (κ1) is 15.7. The first-order chi connectivity index (χ1) is 9.81. The minimum Gasteiger partial charge on any atom is -0.354 e. The van der Waals surface area contributed by atoms with E-state index in [9.17, 15) is 17.6 Å². The average molecular weight is 364 g/mol. The highest BCUT2D eigenvalue weighted by Crippen LogP contribution is 2.32. The molecule has 0 saturated heterocycles. The van der Waals surface area contributed by atoms with Gasteiger partial charge in [-0.15, -0.1) is 0 Å². The van der Waals surface area contributed by atoms with Gasteiger partial charge in [0.15, 0.2) is 5.69 Å². The number of benzene rings is 1. The number of alkyl halides is 3. The van der Waals surface area contributed by atoms with Crippen molar-refractivity contribution in [1.29, 1.82) is 0 Å². The van der Waals surface area contributed by atoms with Crippen molar-refractivity contribution in [3.05, 3.63) is 40.2 Å². The molecule has 112 valence electrons. The zero-order valence-electron chi connectivity index (χ0n) is 10.8. The number of hydrogen-bond donors (Lipinski definition) is 1. The van der Waals surface area contributed by atoms with Crippen molar-refractivity contribution in [2.75, 3.05) is 11.9 Å². The van der Waals surface area contributed by atoms with Crippen molar-refractivity contribution in [3.63, 3.8) is 0 Å². The molecule has 0 unspecified atom stereocenters. The molecule has 0 fully saturated rings. The summed E-state index contributed by atoms with van der Waals surface area (Å²) in [6.45, 7) is 2.05. The Labute approximate surface area is 126 Å². The summed E-state index contributed by atoms with van der Waals surface area (Å²) in [6.07, 6.45) is -4.63. The molecule has 1 aromatic heterocycles. The largest absolute Gasteiger partial charge is 0.433 e. The van der Waals surface area contributed by atoms with Gasteiger partial charge in [-0.25, -0.2) is 14.4 Å². The van der Waals surface area contributed by atoms with E-state index >= 15 is 0 Å². The highest BCUT2D eigenvalue weighted by atomic mass is 79.9. The lowest BCUT2D eigenvalue weighted by Gasteiger charge is -2.11. The third-order valence-electron chi connectivity index (χ3n) is 2.56. The van der Waals surface area contributed by atoms with E-state index in [1.54, 1.807) is 6.92 Å². The number of halogens is 5.